The van der Waals surface area contributed by atoms with Crippen LogP contribution in [0, 0.1) is 10.1 Å². The first-order valence-electron chi connectivity index (χ1n) is 7.55. The number of anilines is 1. The third kappa shape index (κ3) is 5.25. The highest BCUT2D eigenvalue weighted by atomic mass is 35.5. The summed E-state index contributed by atoms with van der Waals surface area (Å²) in [5.41, 5.74) is -0.183. The molecule has 27 heavy (non-hydrogen) atoms. The molecule has 0 aliphatic heterocycles. The summed E-state index contributed by atoms with van der Waals surface area (Å²) in [6.45, 7) is -0.674. The number of nitro benzene ring substituents is 1. The molecule has 2 amide bonds. The number of carbonyl (C=O) groups excluding carboxylic acids is 3. The molecule has 0 aromatic heterocycles. The molecule has 0 unspecified atom stereocenters. The fourth-order valence-electron chi connectivity index (χ4n) is 2.12. The molecule has 10 heteroatoms. The van der Waals surface area contributed by atoms with E-state index < -0.39 is 29.1 Å². The first-order chi connectivity index (χ1) is 12.8. The van der Waals surface area contributed by atoms with Gasteiger partial charge in [0.15, 0.2) is 6.61 Å². The second kappa shape index (κ2) is 8.77. The van der Waals surface area contributed by atoms with Crippen LogP contribution in [0.15, 0.2) is 42.5 Å². The van der Waals surface area contributed by atoms with Gasteiger partial charge in [-0.2, -0.15) is 0 Å². The zero-order valence-corrected chi connectivity index (χ0v) is 14.8. The van der Waals surface area contributed by atoms with Gasteiger partial charge in [-0.3, -0.25) is 19.7 Å². The number of benzene rings is 2. The topological polar surface area (TPSA) is 128 Å². The Balaban J connectivity index is 2.02. The Labute approximate surface area is 158 Å². The molecular weight excluding hydrogens is 378 g/mol. The number of ether oxygens (including phenoxy) is 1. The summed E-state index contributed by atoms with van der Waals surface area (Å²) >= 11 is 5.75. The Morgan fingerprint density at radius 3 is 2.59 bits per heavy atom. The number of hydrogen-bond donors (Lipinski definition) is 2. The maximum absolute atomic E-state index is 12.0. The monoisotopic (exact) mass is 391 g/mol. The lowest BCUT2D eigenvalue weighted by atomic mass is 10.2. The quantitative estimate of drug-likeness (QED) is 0.442. The number of esters is 1. The minimum Gasteiger partial charge on any atom is -0.452 e. The number of amides is 2. The van der Waals surface area contributed by atoms with E-state index in [0.717, 1.165) is 12.1 Å². The average Bonchev–Trinajstić information content (AvgIpc) is 2.65. The summed E-state index contributed by atoms with van der Waals surface area (Å²) in [6.07, 6.45) is 0. The molecule has 2 aromatic carbocycles. The molecular formula is C17H14ClN3O6. The van der Waals surface area contributed by atoms with Crippen LogP contribution in [0.4, 0.5) is 11.4 Å². The predicted molar refractivity (Wildman–Crippen MR) is 96.9 cm³/mol. The van der Waals surface area contributed by atoms with Crippen molar-refractivity contribution in [3.8, 4) is 0 Å². The minimum atomic E-state index is -1.06. The van der Waals surface area contributed by atoms with E-state index in [-0.39, 0.29) is 16.5 Å². The molecule has 140 valence electrons. The molecule has 2 rings (SSSR count). The van der Waals surface area contributed by atoms with Crippen LogP contribution in [0.1, 0.15) is 20.7 Å². The van der Waals surface area contributed by atoms with E-state index in [1.165, 1.54) is 19.2 Å². The number of rotatable bonds is 6. The summed E-state index contributed by atoms with van der Waals surface area (Å²) in [4.78, 5) is 45.8. The van der Waals surface area contributed by atoms with E-state index in [4.69, 9.17) is 16.3 Å². The van der Waals surface area contributed by atoms with Gasteiger partial charge in [0.1, 0.15) is 5.56 Å². The van der Waals surface area contributed by atoms with E-state index in [0.29, 0.717) is 11.3 Å². The molecule has 0 atom stereocenters. The lowest BCUT2D eigenvalue weighted by Crippen LogP contribution is -2.22. The maximum Gasteiger partial charge on any atom is 0.345 e. The number of halogens is 1. The molecule has 0 saturated carbocycles. The number of carbonyl (C=O) groups is 3. The Bertz CT molecular complexity index is 915. The van der Waals surface area contributed by atoms with Crippen molar-refractivity contribution in [3.63, 3.8) is 0 Å². The van der Waals surface area contributed by atoms with Crippen LogP contribution < -0.4 is 10.6 Å². The minimum absolute atomic E-state index is 0.114. The molecule has 0 aliphatic rings. The number of nitrogens with zero attached hydrogens (tertiary/aromatic N) is 1. The van der Waals surface area contributed by atoms with Crippen molar-refractivity contribution in [2.45, 2.75) is 0 Å². The Morgan fingerprint density at radius 1 is 1.19 bits per heavy atom. The fourth-order valence-corrected chi connectivity index (χ4v) is 2.29. The van der Waals surface area contributed by atoms with E-state index in [2.05, 4.69) is 10.6 Å². The lowest BCUT2D eigenvalue weighted by molar-refractivity contribution is -0.385. The largest absolute Gasteiger partial charge is 0.452 e. The van der Waals surface area contributed by atoms with Gasteiger partial charge in [0.2, 0.25) is 0 Å². The fraction of sp³-hybridized carbons (Fsp3) is 0.118. The van der Waals surface area contributed by atoms with Crippen molar-refractivity contribution >= 4 is 40.8 Å². The summed E-state index contributed by atoms with van der Waals surface area (Å²) in [5.74, 6) is -2.06. The lowest BCUT2D eigenvalue weighted by Gasteiger charge is -2.08. The van der Waals surface area contributed by atoms with Gasteiger partial charge in [-0.15, -0.1) is 0 Å². The second-order valence-electron chi connectivity index (χ2n) is 5.20. The van der Waals surface area contributed by atoms with Gasteiger partial charge in [-0.1, -0.05) is 17.7 Å². The molecule has 0 aliphatic carbocycles. The molecule has 0 radical (unpaired) electrons. The molecule has 2 N–H and O–H groups in total. The van der Waals surface area contributed by atoms with Crippen LogP contribution >= 0.6 is 11.6 Å². The van der Waals surface area contributed by atoms with Crippen LogP contribution in [-0.2, 0) is 9.53 Å². The first-order valence-corrected chi connectivity index (χ1v) is 7.92. The number of hydrogen-bond acceptors (Lipinski definition) is 6. The van der Waals surface area contributed by atoms with Gasteiger partial charge >= 0.3 is 5.97 Å². The first kappa shape index (κ1) is 19.9. The van der Waals surface area contributed by atoms with Crippen molar-refractivity contribution in [1.82, 2.24) is 5.32 Å². The van der Waals surface area contributed by atoms with Crippen LogP contribution in [0.25, 0.3) is 0 Å². The molecule has 0 bridgehead atoms. The third-order valence-corrected chi connectivity index (χ3v) is 3.58. The summed E-state index contributed by atoms with van der Waals surface area (Å²) in [7, 11) is 1.47. The Kier molecular flexibility index (Phi) is 6.45. The summed E-state index contributed by atoms with van der Waals surface area (Å²) < 4.78 is 4.81. The van der Waals surface area contributed by atoms with Gasteiger partial charge in [0.05, 0.1) is 4.92 Å². The third-order valence-electron chi connectivity index (χ3n) is 3.35. The van der Waals surface area contributed by atoms with Crippen molar-refractivity contribution in [2.75, 3.05) is 19.0 Å². The second-order valence-corrected chi connectivity index (χ2v) is 5.64. The van der Waals surface area contributed by atoms with E-state index in [1.54, 1.807) is 18.2 Å². The van der Waals surface area contributed by atoms with Gasteiger partial charge in [-0.05, 0) is 30.3 Å². The Hall–Kier alpha value is -3.46. The van der Waals surface area contributed by atoms with Crippen molar-refractivity contribution in [3.05, 3.63) is 68.7 Å². The summed E-state index contributed by atoms with van der Waals surface area (Å²) in [5, 5.41) is 16.0. The van der Waals surface area contributed by atoms with Crippen molar-refractivity contribution < 1.29 is 24.0 Å². The zero-order chi connectivity index (χ0) is 20.0. The predicted octanol–water partition coefficient (Wildman–Crippen LogP) is 2.40. The number of nitrogens with one attached hydrogen (secondary N) is 2. The molecule has 2 aromatic rings. The summed E-state index contributed by atoms with van der Waals surface area (Å²) in [6, 6.07) is 9.56. The smallest absolute Gasteiger partial charge is 0.345 e. The molecule has 0 fully saturated rings. The van der Waals surface area contributed by atoms with E-state index in [9.17, 15) is 24.5 Å². The van der Waals surface area contributed by atoms with Crippen molar-refractivity contribution in [2.24, 2.45) is 0 Å². The highest BCUT2D eigenvalue weighted by Crippen LogP contribution is 2.23. The van der Waals surface area contributed by atoms with Gasteiger partial charge in [0.25, 0.3) is 17.5 Å². The van der Waals surface area contributed by atoms with Crippen LogP contribution in [-0.4, -0.2) is 36.4 Å². The molecule has 0 saturated heterocycles. The normalized spacial score (nSPS) is 10.0. The van der Waals surface area contributed by atoms with E-state index >= 15 is 0 Å². The molecule has 0 heterocycles. The maximum atomic E-state index is 12.0. The van der Waals surface area contributed by atoms with Crippen LogP contribution in [0.5, 0.6) is 0 Å². The SMILES string of the molecule is CNC(=O)c1cccc(NC(=O)COC(=O)c2cc(Cl)ccc2[N+](=O)[O-])c1. The van der Waals surface area contributed by atoms with E-state index in [1.807, 2.05) is 0 Å². The van der Waals surface area contributed by atoms with Crippen LogP contribution in [0.2, 0.25) is 5.02 Å². The highest BCUT2D eigenvalue weighted by Gasteiger charge is 2.22. The van der Waals surface area contributed by atoms with Crippen molar-refractivity contribution in [1.29, 1.82) is 0 Å². The Morgan fingerprint density at radius 2 is 1.93 bits per heavy atom. The average molecular weight is 392 g/mol. The van der Waals surface area contributed by atoms with Gasteiger partial charge in [-0.25, -0.2) is 4.79 Å². The molecule has 9 nitrogen and oxygen atoms in total. The van der Waals surface area contributed by atoms with Gasteiger partial charge in [0, 0.05) is 29.4 Å². The van der Waals surface area contributed by atoms with Gasteiger partial charge < -0.3 is 15.4 Å². The highest BCUT2D eigenvalue weighted by molar-refractivity contribution is 6.31. The molecule has 0 spiro atoms. The standard InChI is InChI=1S/C17H14ClN3O6/c1-19-16(23)10-3-2-4-12(7-10)20-15(22)9-27-17(24)13-8-11(18)5-6-14(13)21(25)26/h2-8H,9H2,1H3,(H,19,23)(H,20,22). The zero-order valence-electron chi connectivity index (χ0n) is 14.0. The van der Waals surface area contributed by atoms with Crippen LogP contribution in [0.3, 0.4) is 0 Å². The number of nitro groups is 1.